The molecule has 1 atom stereocenters. The molecule has 28 heavy (non-hydrogen) atoms. The Kier molecular flexibility index (Phi) is 5.60. The molecule has 0 bridgehead atoms. The lowest BCUT2D eigenvalue weighted by atomic mass is 10.0. The molecule has 0 aliphatic carbocycles. The van der Waals surface area contributed by atoms with Crippen molar-refractivity contribution >= 4 is 0 Å². The number of hydrogen-bond donors (Lipinski definition) is 0. The van der Waals surface area contributed by atoms with E-state index in [1.807, 2.05) is 42.7 Å². The summed E-state index contributed by atoms with van der Waals surface area (Å²) in [4.78, 5) is 4.73. The summed E-state index contributed by atoms with van der Waals surface area (Å²) in [6, 6.07) is 15.9. The lowest BCUT2D eigenvalue weighted by molar-refractivity contribution is -0.0934. The van der Waals surface area contributed by atoms with E-state index in [1.54, 1.807) is 14.2 Å². The molecular weight excluding hydrogens is 356 g/mol. The van der Waals surface area contributed by atoms with E-state index in [4.69, 9.17) is 23.9 Å². The zero-order valence-electron chi connectivity index (χ0n) is 16.1. The lowest BCUT2D eigenvalue weighted by Gasteiger charge is -2.24. The van der Waals surface area contributed by atoms with Crippen LogP contribution in [-0.2, 0) is 16.0 Å². The Balaban J connectivity index is 1.87. The van der Waals surface area contributed by atoms with E-state index in [2.05, 4.69) is 16.7 Å². The molecule has 3 aromatic rings. The third-order valence-electron chi connectivity index (χ3n) is 4.83. The molecule has 0 saturated carbocycles. The van der Waals surface area contributed by atoms with Crippen molar-refractivity contribution in [2.75, 3.05) is 34.0 Å². The van der Waals surface area contributed by atoms with E-state index in [9.17, 15) is 0 Å². The quantitative estimate of drug-likeness (QED) is 0.653. The van der Waals surface area contributed by atoms with E-state index < -0.39 is 0 Å². The van der Waals surface area contributed by atoms with Gasteiger partial charge in [-0.25, -0.2) is 4.98 Å². The van der Waals surface area contributed by atoms with Crippen LogP contribution in [0.1, 0.15) is 0 Å². The van der Waals surface area contributed by atoms with Gasteiger partial charge in [0.2, 0.25) is 0 Å². The molecular formula is C22H24N2O4. The summed E-state index contributed by atoms with van der Waals surface area (Å²) in [5.41, 5.74) is 3.72. The average molecular weight is 380 g/mol. The van der Waals surface area contributed by atoms with Crippen molar-refractivity contribution in [2.24, 2.45) is 0 Å². The fourth-order valence-electron chi connectivity index (χ4n) is 3.54. The van der Waals surface area contributed by atoms with Crippen molar-refractivity contribution < 1.29 is 18.9 Å². The van der Waals surface area contributed by atoms with Gasteiger partial charge >= 0.3 is 0 Å². The summed E-state index contributed by atoms with van der Waals surface area (Å²) in [5.74, 6) is 1.47. The predicted molar refractivity (Wildman–Crippen MR) is 107 cm³/mol. The van der Waals surface area contributed by atoms with E-state index >= 15 is 0 Å². The predicted octanol–water partition coefficient (Wildman–Crippen LogP) is 3.65. The fraction of sp³-hybridized carbons (Fsp3) is 0.318. The Morgan fingerprint density at radius 1 is 1.00 bits per heavy atom. The standard InChI is InChI=1S/C22H24N2O4/c1-25-18-9-6-10-19(26-2)20(18)22-21(16-7-4-3-5-8-16)23-15-24(22)13-17-14-27-11-12-28-17/h3-10,15,17H,11-14H2,1-2H3/t17-/m0/s1. The molecule has 0 N–H and O–H groups in total. The minimum atomic E-state index is -0.0222. The molecule has 2 heterocycles. The van der Waals surface area contributed by atoms with Crippen LogP contribution >= 0.6 is 0 Å². The first-order valence-electron chi connectivity index (χ1n) is 9.33. The molecule has 6 heteroatoms. The SMILES string of the molecule is COc1cccc(OC)c1-c1c(-c2ccccc2)ncn1C[C@H]1COCCO1. The number of hydrogen-bond acceptors (Lipinski definition) is 5. The highest BCUT2D eigenvalue weighted by Crippen LogP contribution is 2.42. The van der Waals surface area contributed by atoms with Crippen molar-refractivity contribution in [2.45, 2.75) is 12.6 Å². The van der Waals surface area contributed by atoms with Crippen LogP contribution < -0.4 is 9.47 Å². The van der Waals surface area contributed by atoms with Gasteiger partial charge in [0.1, 0.15) is 11.5 Å². The minimum Gasteiger partial charge on any atom is -0.496 e. The first-order chi connectivity index (χ1) is 13.8. The lowest BCUT2D eigenvalue weighted by Crippen LogP contribution is -2.32. The monoisotopic (exact) mass is 380 g/mol. The van der Waals surface area contributed by atoms with E-state index in [1.165, 1.54) is 0 Å². The van der Waals surface area contributed by atoms with Crippen molar-refractivity contribution in [1.82, 2.24) is 9.55 Å². The molecule has 1 aromatic heterocycles. The van der Waals surface area contributed by atoms with Gasteiger partial charge in [-0.05, 0) is 12.1 Å². The van der Waals surface area contributed by atoms with Gasteiger partial charge in [-0.1, -0.05) is 36.4 Å². The van der Waals surface area contributed by atoms with E-state index in [0.717, 1.165) is 34.0 Å². The molecule has 0 radical (unpaired) electrons. The summed E-state index contributed by atoms with van der Waals surface area (Å²) >= 11 is 0. The molecule has 1 aliphatic heterocycles. The van der Waals surface area contributed by atoms with Gasteiger partial charge in [-0.2, -0.15) is 0 Å². The Labute approximate surface area is 164 Å². The zero-order chi connectivity index (χ0) is 19.3. The van der Waals surface area contributed by atoms with E-state index in [-0.39, 0.29) is 6.10 Å². The maximum Gasteiger partial charge on any atom is 0.132 e. The van der Waals surface area contributed by atoms with Crippen LogP contribution in [0.25, 0.3) is 22.5 Å². The molecule has 0 spiro atoms. The van der Waals surface area contributed by atoms with Crippen LogP contribution in [0.3, 0.4) is 0 Å². The van der Waals surface area contributed by atoms with Crippen LogP contribution in [0, 0.1) is 0 Å². The topological polar surface area (TPSA) is 54.7 Å². The molecule has 6 nitrogen and oxygen atoms in total. The first-order valence-corrected chi connectivity index (χ1v) is 9.33. The Hall–Kier alpha value is -2.83. The van der Waals surface area contributed by atoms with Gasteiger partial charge < -0.3 is 23.5 Å². The highest BCUT2D eigenvalue weighted by Gasteiger charge is 2.24. The molecule has 1 aliphatic rings. The summed E-state index contributed by atoms with van der Waals surface area (Å²) in [6.07, 6.45) is 1.83. The second kappa shape index (κ2) is 8.46. The highest BCUT2D eigenvalue weighted by atomic mass is 16.6. The maximum atomic E-state index is 5.86. The normalized spacial score (nSPS) is 16.7. The van der Waals surface area contributed by atoms with Gasteiger partial charge in [-0.3, -0.25) is 0 Å². The van der Waals surface area contributed by atoms with Crippen LogP contribution in [0.5, 0.6) is 11.5 Å². The second-order valence-electron chi connectivity index (χ2n) is 6.57. The Bertz CT molecular complexity index is 895. The minimum absolute atomic E-state index is 0.0222. The van der Waals surface area contributed by atoms with Gasteiger partial charge in [-0.15, -0.1) is 0 Å². The molecule has 1 saturated heterocycles. The summed E-state index contributed by atoms with van der Waals surface area (Å²) in [6.45, 7) is 2.46. The Morgan fingerprint density at radius 3 is 2.39 bits per heavy atom. The van der Waals surface area contributed by atoms with Crippen LogP contribution in [0.15, 0.2) is 54.9 Å². The number of nitrogens with zero attached hydrogens (tertiary/aromatic N) is 2. The van der Waals surface area contributed by atoms with Crippen LogP contribution in [0.2, 0.25) is 0 Å². The van der Waals surface area contributed by atoms with Gasteiger partial charge in [0, 0.05) is 5.56 Å². The van der Waals surface area contributed by atoms with Crippen molar-refractivity contribution in [1.29, 1.82) is 0 Å². The third-order valence-corrected chi connectivity index (χ3v) is 4.83. The van der Waals surface area contributed by atoms with Crippen molar-refractivity contribution in [3.8, 4) is 34.0 Å². The fourth-order valence-corrected chi connectivity index (χ4v) is 3.54. The number of imidazole rings is 1. The summed E-state index contributed by atoms with van der Waals surface area (Å²) in [5, 5.41) is 0. The largest absolute Gasteiger partial charge is 0.496 e. The van der Waals surface area contributed by atoms with Crippen molar-refractivity contribution in [3.05, 3.63) is 54.9 Å². The van der Waals surface area contributed by atoms with Crippen LogP contribution in [-0.4, -0.2) is 49.7 Å². The highest BCUT2D eigenvalue weighted by molar-refractivity contribution is 5.85. The molecule has 0 amide bonds. The van der Waals surface area contributed by atoms with Crippen molar-refractivity contribution in [3.63, 3.8) is 0 Å². The Morgan fingerprint density at radius 2 is 1.75 bits per heavy atom. The zero-order valence-corrected chi connectivity index (χ0v) is 16.1. The molecule has 0 unspecified atom stereocenters. The third kappa shape index (κ3) is 3.61. The van der Waals surface area contributed by atoms with Gasteiger partial charge in [0.05, 0.1) is 70.0 Å². The van der Waals surface area contributed by atoms with E-state index in [0.29, 0.717) is 26.4 Å². The number of rotatable bonds is 6. The molecule has 4 rings (SSSR count). The first kappa shape index (κ1) is 18.5. The molecule has 1 fully saturated rings. The molecule has 2 aromatic carbocycles. The molecule has 146 valence electrons. The average Bonchev–Trinajstić information content (AvgIpc) is 3.17. The van der Waals surface area contributed by atoms with Crippen LogP contribution in [0.4, 0.5) is 0 Å². The summed E-state index contributed by atoms with van der Waals surface area (Å²) in [7, 11) is 3.33. The second-order valence-corrected chi connectivity index (χ2v) is 6.57. The van der Waals surface area contributed by atoms with Gasteiger partial charge in [0.15, 0.2) is 0 Å². The number of benzene rings is 2. The van der Waals surface area contributed by atoms with Gasteiger partial charge in [0.25, 0.3) is 0 Å². The maximum absolute atomic E-state index is 5.86. The number of methoxy groups -OCH3 is 2. The number of ether oxygens (including phenoxy) is 4. The number of aromatic nitrogens is 2. The smallest absolute Gasteiger partial charge is 0.132 e. The summed E-state index contributed by atoms with van der Waals surface area (Å²) < 4.78 is 24.9.